The van der Waals surface area contributed by atoms with Gasteiger partial charge in [0.05, 0.1) is 6.54 Å². The molecule has 0 unspecified atom stereocenters. The predicted molar refractivity (Wildman–Crippen MR) is 107 cm³/mol. The Labute approximate surface area is 171 Å². The summed E-state index contributed by atoms with van der Waals surface area (Å²) in [5.41, 5.74) is 1.98. The molecule has 1 saturated heterocycles. The summed E-state index contributed by atoms with van der Waals surface area (Å²) in [6.07, 6.45) is 1.50. The molecule has 0 bridgehead atoms. The summed E-state index contributed by atoms with van der Waals surface area (Å²) in [6, 6.07) is 16.8. The van der Waals surface area contributed by atoms with Crippen LogP contribution in [0.2, 0.25) is 0 Å². The minimum Gasteiger partial charge on any atom is -0.450 e. The summed E-state index contributed by atoms with van der Waals surface area (Å²) >= 11 is 1.47. The lowest BCUT2D eigenvalue weighted by Crippen LogP contribution is -2.30. The van der Waals surface area contributed by atoms with Crippen molar-refractivity contribution in [1.29, 1.82) is 0 Å². The van der Waals surface area contributed by atoms with Crippen LogP contribution >= 0.6 is 11.8 Å². The summed E-state index contributed by atoms with van der Waals surface area (Å²) in [5.74, 6) is -0.362. The Hall–Kier alpha value is -3.32. The van der Waals surface area contributed by atoms with E-state index < -0.39 is 11.9 Å². The van der Waals surface area contributed by atoms with Gasteiger partial charge in [-0.3, -0.25) is 9.69 Å². The van der Waals surface area contributed by atoms with Gasteiger partial charge in [-0.15, -0.1) is 0 Å². The highest BCUT2D eigenvalue weighted by Crippen LogP contribution is 2.30. The quantitative estimate of drug-likeness (QED) is 0.478. The smallest absolute Gasteiger partial charge is 0.329 e. The molecule has 5 nitrogen and oxygen atoms in total. The lowest BCUT2D eigenvalue weighted by atomic mass is 10.2. The van der Waals surface area contributed by atoms with Crippen LogP contribution in [0.25, 0.3) is 6.08 Å². The zero-order valence-corrected chi connectivity index (χ0v) is 16.3. The molecule has 1 aliphatic rings. The van der Waals surface area contributed by atoms with Crippen LogP contribution in [0, 0.1) is 12.7 Å². The Morgan fingerprint density at radius 3 is 2.48 bits per heavy atom. The van der Waals surface area contributed by atoms with Gasteiger partial charge in [-0.1, -0.05) is 41.6 Å². The lowest BCUT2D eigenvalue weighted by molar-refractivity contribution is -0.123. The van der Waals surface area contributed by atoms with Gasteiger partial charge in [0.1, 0.15) is 17.3 Å². The van der Waals surface area contributed by atoms with E-state index in [9.17, 15) is 14.0 Å². The standard InChI is InChI=1S/C22H17FN2O3S/c1-14-2-9-18(10-3-14)29-20-11-8-17(28-20)12-19-21(26)25(22(27)24-19)13-15-4-6-16(23)7-5-15/h2-12H,13H2,1H3,(H,24,27)/b19-12-. The molecule has 1 aromatic heterocycles. The van der Waals surface area contributed by atoms with Crippen molar-refractivity contribution < 1.29 is 18.4 Å². The van der Waals surface area contributed by atoms with Crippen LogP contribution in [0.1, 0.15) is 16.9 Å². The molecule has 7 heteroatoms. The molecule has 0 saturated carbocycles. The van der Waals surface area contributed by atoms with Crippen molar-refractivity contribution in [3.05, 3.63) is 89.1 Å². The van der Waals surface area contributed by atoms with Gasteiger partial charge in [-0.2, -0.15) is 0 Å². The summed E-state index contributed by atoms with van der Waals surface area (Å²) in [5, 5.41) is 3.24. The molecule has 0 spiro atoms. The van der Waals surface area contributed by atoms with Gasteiger partial charge < -0.3 is 9.73 Å². The molecule has 0 radical (unpaired) electrons. The number of hydrogen-bond acceptors (Lipinski definition) is 4. The van der Waals surface area contributed by atoms with E-state index in [0.29, 0.717) is 16.4 Å². The average molecular weight is 408 g/mol. The molecule has 2 aromatic carbocycles. The molecule has 0 aliphatic carbocycles. The first-order chi connectivity index (χ1) is 14.0. The second-order valence-electron chi connectivity index (χ2n) is 6.58. The van der Waals surface area contributed by atoms with E-state index in [1.165, 1.54) is 35.5 Å². The van der Waals surface area contributed by atoms with Gasteiger partial charge in [-0.05, 0) is 48.9 Å². The molecule has 1 aliphatic heterocycles. The monoisotopic (exact) mass is 408 g/mol. The first-order valence-electron chi connectivity index (χ1n) is 8.91. The van der Waals surface area contributed by atoms with Crippen LogP contribution in [0.3, 0.4) is 0 Å². The number of carbonyl (C=O) groups is 2. The van der Waals surface area contributed by atoms with Crippen molar-refractivity contribution in [2.75, 3.05) is 0 Å². The third kappa shape index (κ3) is 4.41. The second kappa shape index (κ2) is 7.97. The topological polar surface area (TPSA) is 62.6 Å². The number of aryl methyl sites for hydroxylation is 1. The van der Waals surface area contributed by atoms with Gasteiger partial charge in [-0.25, -0.2) is 9.18 Å². The number of nitrogens with one attached hydrogen (secondary N) is 1. The molecular weight excluding hydrogens is 391 g/mol. The molecule has 1 N–H and O–H groups in total. The van der Waals surface area contributed by atoms with E-state index in [1.54, 1.807) is 18.2 Å². The van der Waals surface area contributed by atoms with Crippen molar-refractivity contribution >= 4 is 29.8 Å². The van der Waals surface area contributed by atoms with Crippen LogP contribution in [-0.4, -0.2) is 16.8 Å². The van der Waals surface area contributed by atoms with Crippen LogP contribution in [-0.2, 0) is 11.3 Å². The number of rotatable bonds is 5. The lowest BCUT2D eigenvalue weighted by Gasteiger charge is -2.11. The largest absolute Gasteiger partial charge is 0.450 e. The minimum atomic E-state index is -0.522. The predicted octanol–water partition coefficient (Wildman–Crippen LogP) is 4.97. The summed E-state index contributed by atoms with van der Waals surface area (Å²) in [7, 11) is 0. The summed E-state index contributed by atoms with van der Waals surface area (Å²) < 4.78 is 18.8. The zero-order valence-electron chi connectivity index (χ0n) is 15.5. The van der Waals surface area contributed by atoms with Gasteiger partial charge in [0.2, 0.25) is 0 Å². The molecule has 29 heavy (non-hydrogen) atoms. The van der Waals surface area contributed by atoms with Gasteiger partial charge in [0.25, 0.3) is 5.91 Å². The summed E-state index contributed by atoms with van der Waals surface area (Å²) in [6.45, 7) is 2.09. The Kier molecular flexibility index (Phi) is 5.22. The van der Waals surface area contributed by atoms with Crippen LogP contribution < -0.4 is 5.32 Å². The Bertz CT molecular complexity index is 1090. The number of hydrogen-bond donors (Lipinski definition) is 1. The van der Waals surface area contributed by atoms with E-state index in [4.69, 9.17) is 4.42 Å². The number of halogens is 1. The molecule has 146 valence electrons. The van der Waals surface area contributed by atoms with Crippen molar-refractivity contribution in [2.24, 2.45) is 0 Å². The number of benzene rings is 2. The number of amides is 3. The minimum absolute atomic E-state index is 0.0645. The third-order valence-corrected chi connectivity index (χ3v) is 5.27. The van der Waals surface area contributed by atoms with Crippen molar-refractivity contribution in [2.45, 2.75) is 23.5 Å². The number of carbonyl (C=O) groups excluding carboxylic acids is 2. The summed E-state index contributed by atoms with van der Waals surface area (Å²) in [4.78, 5) is 26.9. The fourth-order valence-corrected chi connectivity index (χ4v) is 3.60. The highest BCUT2D eigenvalue weighted by Gasteiger charge is 2.33. The Morgan fingerprint density at radius 2 is 1.76 bits per heavy atom. The maximum Gasteiger partial charge on any atom is 0.329 e. The van der Waals surface area contributed by atoms with E-state index in [1.807, 2.05) is 37.3 Å². The molecule has 3 aromatic rings. The molecule has 4 rings (SSSR count). The number of nitrogens with zero attached hydrogens (tertiary/aromatic N) is 1. The first kappa shape index (κ1) is 19.0. The van der Waals surface area contributed by atoms with Crippen molar-refractivity contribution in [3.63, 3.8) is 0 Å². The van der Waals surface area contributed by atoms with Crippen molar-refractivity contribution in [1.82, 2.24) is 10.2 Å². The molecule has 3 amide bonds. The van der Waals surface area contributed by atoms with E-state index >= 15 is 0 Å². The van der Waals surface area contributed by atoms with Crippen LogP contribution in [0.15, 0.2) is 80.8 Å². The van der Waals surface area contributed by atoms with E-state index in [0.717, 1.165) is 9.80 Å². The first-order valence-corrected chi connectivity index (χ1v) is 9.73. The zero-order chi connectivity index (χ0) is 20.4. The average Bonchev–Trinajstić information content (AvgIpc) is 3.25. The Morgan fingerprint density at radius 1 is 1.03 bits per heavy atom. The van der Waals surface area contributed by atoms with Gasteiger partial charge in [0.15, 0.2) is 5.09 Å². The highest BCUT2D eigenvalue weighted by atomic mass is 32.2. The fraction of sp³-hybridized carbons (Fsp3) is 0.0909. The molecular formula is C22H17FN2O3S. The fourth-order valence-electron chi connectivity index (χ4n) is 2.82. The third-order valence-electron chi connectivity index (χ3n) is 4.34. The van der Waals surface area contributed by atoms with E-state index in [2.05, 4.69) is 5.32 Å². The number of imide groups is 1. The van der Waals surface area contributed by atoms with Gasteiger partial charge in [0, 0.05) is 11.0 Å². The van der Waals surface area contributed by atoms with Gasteiger partial charge >= 0.3 is 6.03 Å². The SMILES string of the molecule is Cc1ccc(Sc2ccc(/C=C3\NC(=O)N(Cc4ccc(F)cc4)C3=O)o2)cc1. The second-order valence-corrected chi connectivity index (χ2v) is 7.66. The normalized spacial score (nSPS) is 15.2. The van der Waals surface area contributed by atoms with Crippen LogP contribution in [0.5, 0.6) is 0 Å². The Balaban J connectivity index is 1.46. The highest BCUT2D eigenvalue weighted by molar-refractivity contribution is 7.99. The molecule has 0 atom stereocenters. The van der Waals surface area contributed by atoms with E-state index in [-0.39, 0.29) is 18.1 Å². The van der Waals surface area contributed by atoms with Crippen LogP contribution in [0.4, 0.5) is 9.18 Å². The number of urea groups is 1. The molecule has 2 heterocycles. The maximum atomic E-state index is 13.0. The maximum absolute atomic E-state index is 13.0. The van der Waals surface area contributed by atoms with Crippen molar-refractivity contribution in [3.8, 4) is 0 Å². The number of furan rings is 1. The molecule has 1 fully saturated rings.